The Bertz CT molecular complexity index is 929. The summed E-state index contributed by atoms with van der Waals surface area (Å²) in [5.41, 5.74) is 4.59. The van der Waals surface area contributed by atoms with Gasteiger partial charge in [0.2, 0.25) is 11.8 Å². The second-order valence-electron chi connectivity index (χ2n) is 7.79. The summed E-state index contributed by atoms with van der Waals surface area (Å²) in [7, 11) is 0. The van der Waals surface area contributed by atoms with Crippen molar-refractivity contribution in [2.75, 3.05) is 5.32 Å². The number of nitrogens with zero attached hydrogens (tertiary/aromatic N) is 1. The second kappa shape index (κ2) is 5.73. The van der Waals surface area contributed by atoms with Gasteiger partial charge in [-0.15, -0.1) is 0 Å². The molecule has 0 aliphatic heterocycles. The number of carbonyl (C=O) groups excluding carboxylic acids is 1. The summed E-state index contributed by atoms with van der Waals surface area (Å²) in [5.74, 6) is 0.881. The first kappa shape index (κ1) is 15.9. The third-order valence-electron chi connectivity index (χ3n) is 4.60. The Hall–Kier alpha value is -2.62. The quantitative estimate of drug-likeness (QED) is 0.721. The zero-order valence-corrected chi connectivity index (χ0v) is 14.8. The zero-order chi connectivity index (χ0) is 17.6. The van der Waals surface area contributed by atoms with Crippen LogP contribution >= 0.6 is 0 Å². The maximum atomic E-state index is 11.9. The van der Waals surface area contributed by atoms with Crippen LogP contribution in [0.25, 0.3) is 22.6 Å². The molecule has 0 atom stereocenters. The third kappa shape index (κ3) is 3.29. The lowest BCUT2D eigenvalue weighted by Gasteiger charge is -2.18. The normalized spacial score (nSPS) is 14.7. The number of rotatable bonds is 3. The summed E-state index contributed by atoms with van der Waals surface area (Å²) in [6, 6.07) is 13.9. The van der Waals surface area contributed by atoms with Gasteiger partial charge in [0.05, 0.1) is 0 Å². The van der Waals surface area contributed by atoms with E-state index in [1.165, 1.54) is 5.56 Å². The maximum absolute atomic E-state index is 11.9. The first-order valence-corrected chi connectivity index (χ1v) is 8.72. The average Bonchev–Trinajstić information content (AvgIpc) is 3.34. The molecule has 1 amide bonds. The van der Waals surface area contributed by atoms with Crippen molar-refractivity contribution in [1.82, 2.24) is 4.98 Å². The van der Waals surface area contributed by atoms with Crippen LogP contribution in [0.5, 0.6) is 0 Å². The molecule has 1 N–H and O–H groups in total. The summed E-state index contributed by atoms with van der Waals surface area (Å²) in [5, 5.41) is 2.95. The number of anilines is 1. The van der Waals surface area contributed by atoms with Crippen LogP contribution < -0.4 is 5.32 Å². The molecule has 4 nitrogen and oxygen atoms in total. The number of oxazole rings is 1. The second-order valence-corrected chi connectivity index (χ2v) is 7.79. The van der Waals surface area contributed by atoms with Crippen molar-refractivity contribution in [1.29, 1.82) is 0 Å². The molecular formula is C21H22N2O2. The van der Waals surface area contributed by atoms with Crippen LogP contribution in [-0.2, 0) is 10.2 Å². The Morgan fingerprint density at radius 2 is 1.84 bits per heavy atom. The van der Waals surface area contributed by atoms with Gasteiger partial charge in [0.15, 0.2) is 5.58 Å². The van der Waals surface area contributed by atoms with E-state index in [0.717, 1.165) is 35.2 Å². The molecule has 0 spiro atoms. The smallest absolute Gasteiger partial charge is 0.227 e. The van der Waals surface area contributed by atoms with E-state index in [4.69, 9.17) is 4.42 Å². The van der Waals surface area contributed by atoms with Crippen molar-refractivity contribution in [2.45, 2.75) is 39.0 Å². The van der Waals surface area contributed by atoms with Crippen LogP contribution in [0.1, 0.15) is 39.2 Å². The van der Waals surface area contributed by atoms with E-state index >= 15 is 0 Å². The number of hydrogen-bond acceptors (Lipinski definition) is 3. The fourth-order valence-electron chi connectivity index (χ4n) is 2.83. The molecule has 3 aromatic rings. The predicted molar refractivity (Wildman–Crippen MR) is 99.5 cm³/mol. The summed E-state index contributed by atoms with van der Waals surface area (Å²) in [6.45, 7) is 6.58. The first-order valence-electron chi connectivity index (χ1n) is 8.72. The SMILES string of the molecule is CC(C)(C)c1ccc(-c2nc3cc(NC(=O)C4CC4)ccc3o2)cc1. The van der Waals surface area contributed by atoms with Crippen molar-refractivity contribution in [3.8, 4) is 11.5 Å². The topological polar surface area (TPSA) is 55.1 Å². The van der Waals surface area contributed by atoms with E-state index in [-0.39, 0.29) is 17.2 Å². The van der Waals surface area contributed by atoms with Gasteiger partial charge in [-0.05, 0) is 54.2 Å². The van der Waals surface area contributed by atoms with E-state index in [2.05, 4.69) is 43.2 Å². The lowest BCUT2D eigenvalue weighted by Crippen LogP contribution is -2.12. The highest BCUT2D eigenvalue weighted by molar-refractivity contribution is 5.95. The van der Waals surface area contributed by atoms with Crippen LogP contribution in [0, 0.1) is 5.92 Å². The Morgan fingerprint density at radius 1 is 1.12 bits per heavy atom. The minimum Gasteiger partial charge on any atom is -0.436 e. The molecule has 2 aromatic carbocycles. The van der Waals surface area contributed by atoms with E-state index in [1.807, 2.05) is 30.3 Å². The molecule has 128 valence electrons. The molecule has 0 bridgehead atoms. The largest absolute Gasteiger partial charge is 0.436 e. The number of amides is 1. The van der Waals surface area contributed by atoms with Gasteiger partial charge in [0.1, 0.15) is 5.52 Å². The molecule has 1 saturated carbocycles. The van der Waals surface area contributed by atoms with Gasteiger partial charge in [-0.25, -0.2) is 4.98 Å². The van der Waals surface area contributed by atoms with Gasteiger partial charge < -0.3 is 9.73 Å². The van der Waals surface area contributed by atoms with E-state index in [9.17, 15) is 4.79 Å². The van der Waals surface area contributed by atoms with Gasteiger partial charge in [0.25, 0.3) is 0 Å². The summed E-state index contributed by atoms with van der Waals surface area (Å²) >= 11 is 0. The van der Waals surface area contributed by atoms with Crippen LogP contribution in [-0.4, -0.2) is 10.9 Å². The van der Waals surface area contributed by atoms with Crippen LogP contribution in [0.15, 0.2) is 46.9 Å². The summed E-state index contributed by atoms with van der Waals surface area (Å²) in [6.07, 6.45) is 1.99. The van der Waals surface area contributed by atoms with Crippen molar-refractivity contribution < 1.29 is 9.21 Å². The van der Waals surface area contributed by atoms with E-state index in [1.54, 1.807) is 0 Å². The minimum absolute atomic E-state index is 0.0980. The highest BCUT2D eigenvalue weighted by atomic mass is 16.3. The van der Waals surface area contributed by atoms with E-state index < -0.39 is 0 Å². The van der Waals surface area contributed by atoms with Crippen molar-refractivity contribution in [3.05, 3.63) is 48.0 Å². The molecule has 0 radical (unpaired) electrons. The maximum Gasteiger partial charge on any atom is 0.227 e. The number of carbonyl (C=O) groups is 1. The average molecular weight is 334 g/mol. The lowest BCUT2D eigenvalue weighted by molar-refractivity contribution is -0.117. The minimum atomic E-state index is 0.0980. The number of benzene rings is 2. The highest BCUT2D eigenvalue weighted by Gasteiger charge is 2.29. The Balaban J connectivity index is 1.61. The molecular weight excluding hydrogens is 312 g/mol. The number of nitrogens with one attached hydrogen (secondary N) is 1. The molecule has 1 aliphatic rings. The first-order chi connectivity index (χ1) is 11.9. The van der Waals surface area contributed by atoms with Gasteiger partial charge in [-0.3, -0.25) is 4.79 Å². The number of aromatic nitrogens is 1. The lowest BCUT2D eigenvalue weighted by atomic mass is 9.87. The van der Waals surface area contributed by atoms with Gasteiger partial charge in [-0.1, -0.05) is 32.9 Å². The monoisotopic (exact) mass is 334 g/mol. The van der Waals surface area contributed by atoms with Gasteiger partial charge in [0, 0.05) is 17.2 Å². The molecule has 1 aliphatic carbocycles. The van der Waals surface area contributed by atoms with Gasteiger partial charge >= 0.3 is 0 Å². The standard InChI is InChI=1S/C21H22N2O2/c1-21(2,3)15-8-6-14(7-9-15)20-23-17-12-16(10-11-18(17)25-20)22-19(24)13-4-5-13/h6-13H,4-5H2,1-3H3,(H,22,24). The molecule has 0 saturated heterocycles. The van der Waals surface area contributed by atoms with Crippen LogP contribution in [0.3, 0.4) is 0 Å². The highest BCUT2D eigenvalue weighted by Crippen LogP contribution is 2.32. The van der Waals surface area contributed by atoms with E-state index in [0.29, 0.717) is 5.89 Å². The molecule has 4 rings (SSSR count). The summed E-state index contributed by atoms with van der Waals surface area (Å²) < 4.78 is 5.88. The fourth-order valence-corrected chi connectivity index (χ4v) is 2.83. The van der Waals surface area contributed by atoms with Crippen LogP contribution in [0.4, 0.5) is 5.69 Å². The number of hydrogen-bond donors (Lipinski definition) is 1. The zero-order valence-electron chi connectivity index (χ0n) is 14.8. The molecule has 1 heterocycles. The Labute approximate surface area is 147 Å². The predicted octanol–water partition coefficient (Wildman–Crippen LogP) is 5.14. The molecule has 25 heavy (non-hydrogen) atoms. The van der Waals surface area contributed by atoms with Gasteiger partial charge in [-0.2, -0.15) is 0 Å². The van der Waals surface area contributed by atoms with Crippen LogP contribution in [0.2, 0.25) is 0 Å². The molecule has 1 fully saturated rings. The third-order valence-corrected chi connectivity index (χ3v) is 4.60. The van der Waals surface area contributed by atoms with Crippen molar-refractivity contribution in [2.24, 2.45) is 5.92 Å². The molecule has 0 unspecified atom stereocenters. The Morgan fingerprint density at radius 3 is 2.48 bits per heavy atom. The Kier molecular flexibility index (Phi) is 3.64. The van der Waals surface area contributed by atoms with Crippen molar-refractivity contribution in [3.63, 3.8) is 0 Å². The molecule has 1 aromatic heterocycles. The fraction of sp³-hybridized carbons (Fsp3) is 0.333. The van der Waals surface area contributed by atoms with Crippen molar-refractivity contribution >= 4 is 22.7 Å². The molecule has 4 heteroatoms. The summed E-state index contributed by atoms with van der Waals surface area (Å²) in [4.78, 5) is 16.5. The number of fused-ring (bicyclic) bond motifs is 1.